The van der Waals surface area contributed by atoms with Gasteiger partial charge in [0.15, 0.2) is 0 Å². The molecule has 0 radical (unpaired) electrons. The van der Waals surface area contributed by atoms with E-state index in [1.807, 2.05) is 4.90 Å². The second-order valence-corrected chi connectivity index (χ2v) is 6.70. The second kappa shape index (κ2) is 4.80. The fraction of sp³-hybridized carbons (Fsp3) is 0.867. The van der Waals surface area contributed by atoms with Gasteiger partial charge in [0, 0.05) is 13.1 Å². The topological polar surface area (TPSA) is 57.6 Å². The third-order valence-corrected chi connectivity index (χ3v) is 5.57. The van der Waals surface area contributed by atoms with Crippen molar-refractivity contribution in [2.75, 3.05) is 13.1 Å². The van der Waals surface area contributed by atoms with Crippen LogP contribution in [0.4, 0.5) is 0 Å². The fourth-order valence-corrected chi connectivity index (χ4v) is 4.16. The molecule has 0 aromatic carbocycles. The zero-order chi connectivity index (χ0) is 13.5. The van der Waals surface area contributed by atoms with Crippen LogP contribution in [-0.2, 0) is 9.59 Å². The number of hydrogen-bond acceptors (Lipinski definition) is 2. The van der Waals surface area contributed by atoms with E-state index in [0.717, 1.165) is 25.9 Å². The lowest BCUT2D eigenvalue weighted by atomic mass is 9.72. The molecule has 4 heteroatoms. The minimum absolute atomic E-state index is 0.112. The minimum atomic E-state index is -0.795. The number of nitrogens with zero attached hydrogens (tertiary/aromatic N) is 1. The Labute approximate surface area is 114 Å². The summed E-state index contributed by atoms with van der Waals surface area (Å²) in [5.41, 5.74) is 0.371. The molecule has 2 atom stereocenters. The number of carbonyl (C=O) groups excluding carboxylic acids is 1. The Bertz CT molecular complexity index is 387. The summed E-state index contributed by atoms with van der Waals surface area (Å²) in [6.45, 7) is 1.73. The number of aliphatic carboxylic acids is 1. The van der Waals surface area contributed by atoms with Crippen molar-refractivity contribution in [3.8, 4) is 0 Å². The Balaban J connectivity index is 1.61. The normalized spacial score (nSPS) is 33.2. The van der Waals surface area contributed by atoms with Gasteiger partial charge in [-0.2, -0.15) is 0 Å². The molecule has 1 amide bonds. The predicted molar refractivity (Wildman–Crippen MR) is 70.6 cm³/mol. The number of rotatable bonds is 2. The minimum Gasteiger partial charge on any atom is -0.481 e. The van der Waals surface area contributed by atoms with Gasteiger partial charge >= 0.3 is 5.97 Å². The van der Waals surface area contributed by atoms with Crippen LogP contribution in [0.2, 0.25) is 0 Å². The number of likely N-dealkylation sites (tertiary alicyclic amines) is 1. The zero-order valence-corrected chi connectivity index (χ0v) is 11.4. The van der Waals surface area contributed by atoms with E-state index in [-0.39, 0.29) is 11.8 Å². The van der Waals surface area contributed by atoms with Crippen LogP contribution >= 0.6 is 0 Å². The van der Waals surface area contributed by atoms with Gasteiger partial charge in [-0.3, -0.25) is 9.59 Å². The van der Waals surface area contributed by atoms with Crippen LogP contribution in [0, 0.1) is 17.3 Å². The van der Waals surface area contributed by atoms with Gasteiger partial charge in [-0.05, 0) is 37.5 Å². The molecule has 4 nitrogen and oxygen atoms in total. The lowest BCUT2D eigenvalue weighted by Crippen LogP contribution is -2.46. The van der Waals surface area contributed by atoms with Gasteiger partial charge in [0.25, 0.3) is 0 Å². The number of carboxylic acid groups (broad SMARTS) is 1. The van der Waals surface area contributed by atoms with Crippen LogP contribution < -0.4 is 0 Å². The highest BCUT2D eigenvalue weighted by atomic mass is 16.4. The first kappa shape index (κ1) is 12.9. The third-order valence-electron chi connectivity index (χ3n) is 5.57. The molecule has 1 heterocycles. The van der Waals surface area contributed by atoms with E-state index in [1.165, 1.54) is 32.1 Å². The summed E-state index contributed by atoms with van der Waals surface area (Å²) in [7, 11) is 0. The van der Waals surface area contributed by atoms with Crippen molar-refractivity contribution in [1.82, 2.24) is 4.90 Å². The maximum Gasteiger partial charge on any atom is 0.307 e. The van der Waals surface area contributed by atoms with Crippen molar-refractivity contribution in [2.24, 2.45) is 17.3 Å². The van der Waals surface area contributed by atoms with Crippen molar-refractivity contribution in [3.63, 3.8) is 0 Å². The van der Waals surface area contributed by atoms with Crippen LogP contribution in [0.5, 0.6) is 0 Å². The van der Waals surface area contributed by atoms with Crippen LogP contribution in [0.1, 0.15) is 51.4 Å². The molecule has 0 aromatic heterocycles. The lowest BCUT2D eigenvalue weighted by Gasteiger charge is -2.37. The SMILES string of the molecule is O=C(O)C1CCC1C(=O)N1CCC2(CCCCC2)C1. The van der Waals surface area contributed by atoms with Crippen molar-refractivity contribution in [3.05, 3.63) is 0 Å². The Kier molecular flexibility index (Phi) is 3.27. The first-order valence-electron chi connectivity index (χ1n) is 7.63. The van der Waals surface area contributed by atoms with Gasteiger partial charge in [-0.1, -0.05) is 19.3 Å². The van der Waals surface area contributed by atoms with E-state index in [9.17, 15) is 9.59 Å². The first-order valence-corrected chi connectivity index (χ1v) is 7.63. The molecular weight excluding hydrogens is 242 g/mol. The van der Waals surface area contributed by atoms with Crippen molar-refractivity contribution in [2.45, 2.75) is 51.4 Å². The van der Waals surface area contributed by atoms with Gasteiger partial charge in [-0.25, -0.2) is 0 Å². The summed E-state index contributed by atoms with van der Waals surface area (Å²) in [5.74, 6) is -1.34. The van der Waals surface area contributed by atoms with Crippen LogP contribution in [0.25, 0.3) is 0 Å². The first-order chi connectivity index (χ1) is 9.11. The van der Waals surface area contributed by atoms with Gasteiger partial charge < -0.3 is 10.0 Å². The summed E-state index contributed by atoms with van der Waals surface area (Å²) in [6.07, 6.45) is 8.99. The Morgan fingerprint density at radius 2 is 1.68 bits per heavy atom. The largest absolute Gasteiger partial charge is 0.481 e. The fourth-order valence-electron chi connectivity index (χ4n) is 4.16. The number of hydrogen-bond donors (Lipinski definition) is 1. The summed E-state index contributed by atoms with van der Waals surface area (Å²) in [5, 5.41) is 9.07. The van der Waals surface area contributed by atoms with Gasteiger partial charge in [-0.15, -0.1) is 0 Å². The van der Waals surface area contributed by atoms with E-state index in [4.69, 9.17) is 5.11 Å². The van der Waals surface area contributed by atoms with Crippen LogP contribution in [-0.4, -0.2) is 35.0 Å². The molecule has 1 aliphatic heterocycles. The van der Waals surface area contributed by atoms with Gasteiger partial charge in [0.2, 0.25) is 5.91 Å². The van der Waals surface area contributed by atoms with E-state index >= 15 is 0 Å². The standard InChI is InChI=1S/C15H23NO3/c17-13(11-4-5-12(11)14(18)19)16-9-8-15(10-16)6-2-1-3-7-15/h11-12H,1-10H2,(H,18,19). The molecule has 2 unspecified atom stereocenters. The third kappa shape index (κ3) is 2.26. The molecular formula is C15H23NO3. The Morgan fingerprint density at radius 3 is 2.26 bits per heavy atom. The smallest absolute Gasteiger partial charge is 0.307 e. The molecule has 3 rings (SSSR count). The highest BCUT2D eigenvalue weighted by Crippen LogP contribution is 2.45. The Hall–Kier alpha value is -1.06. The number of carboxylic acids is 1. The van der Waals surface area contributed by atoms with Crippen LogP contribution in [0.3, 0.4) is 0 Å². The molecule has 3 fully saturated rings. The average Bonchev–Trinajstić information content (AvgIpc) is 2.72. The average molecular weight is 265 g/mol. The van der Waals surface area contributed by atoms with E-state index < -0.39 is 11.9 Å². The molecule has 0 bridgehead atoms. The van der Waals surface area contributed by atoms with Crippen molar-refractivity contribution < 1.29 is 14.7 Å². The number of carbonyl (C=O) groups is 2. The highest BCUT2D eigenvalue weighted by molar-refractivity contribution is 5.86. The van der Waals surface area contributed by atoms with E-state index in [0.29, 0.717) is 11.8 Å². The van der Waals surface area contributed by atoms with Gasteiger partial charge in [0.1, 0.15) is 0 Å². The molecule has 106 valence electrons. The lowest BCUT2D eigenvalue weighted by molar-refractivity contribution is -0.156. The highest BCUT2D eigenvalue weighted by Gasteiger charge is 2.47. The molecule has 1 saturated heterocycles. The number of amides is 1. The molecule has 19 heavy (non-hydrogen) atoms. The van der Waals surface area contributed by atoms with E-state index in [1.54, 1.807) is 0 Å². The summed E-state index contributed by atoms with van der Waals surface area (Å²) in [4.78, 5) is 25.4. The second-order valence-electron chi connectivity index (χ2n) is 6.70. The van der Waals surface area contributed by atoms with E-state index in [2.05, 4.69) is 0 Å². The maximum atomic E-state index is 12.4. The molecule has 2 saturated carbocycles. The molecule has 1 N–H and O–H groups in total. The molecule has 1 spiro atoms. The van der Waals surface area contributed by atoms with Crippen molar-refractivity contribution >= 4 is 11.9 Å². The van der Waals surface area contributed by atoms with Crippen molar-refractivity contribution in [1.29, 1.82) is 0 Å². The summed E-state index contributed by atoms with van der Waals surface area (Å²) in [6, 6.07) is 0. The molecule has 0 aromatic rings. The summed E-state index contributed by atoms with van der Waals surface area (Å²) >= 11 is 0. The predicted octanol–water partition coefficient (Wildman–Crippen LogP) is 2.28. The monoisotopic (exact) mass is 265 g/mol. The van der Waals surface area contributed by atoms with Gasteiger partial charge in [0.05, 0.1) is 11.8 Å². The Morgan fingerprint density at radius 1 is 1.00 bits per heavy atom. The zero-order valence-electron chi connectivity index (χ0n) is 11.4. The quantitative estimate of drug-likeness (QED) is 0.833. The summed E-state index contributed by atoms with van der Waals surface area (Å²) < 4.78 is 0. The molecule has 3 aliphatic rings. The molecule has 2 aliphatic carbocycles. The maximum absolute atomic E-state index is 12.4. The van der Waals surface area contributed by atoms with Crippen LogP contribution in [0.15, 0.2) is 0 Å².